The van der Waals surface area contributed by atoms with Gasteiger partial charge in [0.05, 0.1) is 21.4 Å². The predicted octanol–water partition coefficient (Wildman–Crippen LogP) is 4.47. The largest absolute Gasteiger partial charge is 0.324 e. The van der Waals surface area contributed by atoms with Crippen LogP contribution < -0.4 is 5.32 Å². The number of carbonyl (C=O) groups excluding carboxylic acids is 1. The minimum absolute atomic E-state index is 0.123. The Morgan fingerprint density at radius 3 is 3.00 bits per heavy atom. The molecule has 3 aromatic rings. The van der Waals surface area contributed by atoms with E-state index in [1.54, 1.807) is 11.3 Å². The second-order valence-electron chi connectivity index (χ2n) is 5.97. The highest BCUT2D eigenvalue weighted by Gasteiger charge is 2.21. The molecule has 0 fully saturated rings. The van der Waals surface area contributed by atoms with Crippen LogP contribution in [0.3, 0.4) is 0 Å². The molecule has 27 heavy (non-hydrogen) atoms. The van der Waals surface area contributed by atoms with Gasteiger partial charge >= 0.3 is 0 Å². The van der Waals surface area contributed by atoms with Gasteiger partial charge in [-0.3, -0.25) is 14.9 Å². The predicted molar refractivity (Wildman–Crippen MR) is 107 cm³/mol. The van der Waals surface area contributed by atoms with E-state index in [9.17, 15) is 14.9 Å². The molecule has 0 saturated carbocycles. The molecule has 0 bridgehead atoms. The number of thioether (sulfide) groups is 1. The Hall–Kier alpha value is -2.23. The fourth-order valence-corrected chi connectivity index (χ4v) is 5.39. The molecule has 1 N–H and O–H groups in total. The Bertz CT molecular complexity index is 1070. The van der Waals surface area contributed by atoms with Crippen molar-refractivity contribution in [2.75, 3.05) is 11.1 Å². The van der Waals surface area contributed by atoms with E-state index in [0.717, 1.165) is 34.5 Å². The first-order valence-corrected chi connectivity index (χ1v) is 10.3. The lowest BCUT2D eigenvalue weighted by atomic mass is 10.2. The zero-order valence-corrected chi connectivity index (χ0v) is 16.3. The first-order chi connectivity index (χ1) is 13.0. The van der Waals surface area contributed by atoms with Gasteiger partial charge in [-0.15, -0.1) is 11.3 Å². The molecule has 2 aromatic heterocycles. The average molecular weight is 421 g/mol. The molecule has 2 heterocycles. The van der Waals surface area contributed by atoms with Gasteiger partial charge < -0.3 is 5.32 Å². The number of non-ortho nitro benzene ring substituents is 1. The molecule has 7 nitrogen and oxygen atoms in total. The smallest absolute Gasteiger partial charge is 0.271 e. The molecule has 0 unspecified atom stereocenters. The van der Waals surface area contributed by atoms with Gasteiger partial charge in [0.15, 0.2) is 0 Å². The van der Waals surface area contributed by atoms with E-state index in [1.165, 1.54) is 46.7 Å². The number of hydrogen-bond donors (Lipinski definition) is 1. The van der Waals surface area contributed by atoms with Crippen LogP contribution in [0.25, 0.3) is 10.2 Å². The van der Waals surface area contributed by atoms with Crippen LogP contribution in [-0.2, 0) is 17.6 Å². The molecular weight excluding hydrogens is 408 g/mol. The fourth-order valence-electron chi connectivity index (χ4n) is 3.05. The van der Waals surface area contributed by atoms with Crippen LogP contribution in [0.15, 0.2) is 29.6 Å². The number of halogens is 1. The highest BCUT2D eigenvalue weighted by molar-refractivity contribution is 8.00. The van der Waals surface area contributed by atoms with E-state index in [-0.39, 0.29) is 22.4 Å². The van der Waals surface area contributed by atoms with Crippen molar-refractivity contribution in [2.45, 2.75) is 24.3 Å². The zero-order chi connectivity index (χ0) is 19.0. The Morgan fingerprint density at radius 1 is 1.37 bits per heavy atom. The number of aromatic nitrogens is 2. The molecule has 4 rings (SSSR count). The monoisotopic (exact) mass is 420 g/mol. The van der Waals surface area contributed by atoms with Crippen molar-refractivity contribution in [3.05, 3.63) is 50.1 Å². The average Bonchev–Trinajstić information content (AvgIpc) is 3.22. The summed E-state index contributed by atoms with van der Waals surface area (Å²) in [5.41, 5.74) is 1.54. The maximum atomic E-state index is 12.3. The SMILES string of the molecule is O=C(CSc1ncnc2sc3c(c12)CCC3)Nc1ccc([N+](=O)[O-])cc1Cl. The standard InChI is InChI=1S/C17H13ClN4O3S2/c18-11-6-9(22(24)25)4-5-12(11)21-14(23)7-26-16-15-10-2-1-3-13(10)27-17(15)20-8-19-16/h4-6,8H,1-3,7H2,(H,21,23). The molecule has 138 valence electrons. The summed E-state index contributed by atoms with van der Waals surface area (Å²) in [6.07, 6.45) is 4.79. The summed E-state index contributed by atoms with van der Waals surface area (Å²) in [7, 11) is 0. The summed E-state index contributed by atoms with van der Waals surface area (Å²) in [6.45, 7) is 0. The van der Waals surface area contributed by atoms with Crippen molar-refractivity contribution < 1.29 is 9.72 Å². The van der Waals surface area contributed by atoms with Crippen molar-refractivity contribution in [2.24, 2.45) is 0 Å². The molecule has 0 aliphatic heterocycles. The maximum Gasteiger partial charge on any atom is 0.271 e. The van der Waals surface area contributed by atoms with Crippen LogP contribution in [0.4, 0.5) is 11.4 Å². The summed E-state index contributed by atoms with van der Waals surface area (Å²) >= 11 is 9.08. The number of thiophene rings is 1. The number of fused-ring (bicyclic) bond motifs is 3. The summed E-state index contributed by atoms with van der Waals surface area (Å²) in [5.74, 6) is -0.0984. The van der Waals surface area contributed by atoms with Crippen LogP contribution in [-0.4, -0.2) is 26.6 Å². The van der Waals surface area contributed by atoms with Crippen LogP contribution in [0.1, 0.15) is 16.9 Å². The molecule has 1 aliphatic rings. The molecule has 1 aromatic carbocycles. The second-order valence-corrected chi connectivity index (χ2v) is 8.43. The Morgan fingerprint density at radius 2 is 2.22 bits per heavy atom. The van der Waals surface area contributed by atoms with E-state index < -0.39 is 4.92 Å². The Balaban J connectivity index is 1.47. The molecule has 0 radical (unpaired) electrons. The highest BCUT2D eigenvalue weighted by atomic mass is 35.5. The van der Waals surface area contributed by atoms with Gasteiger partial charge in [-0.2, -0.15) is 0 Å². The minimum atomic E-state index is -0.535. The fraction of sp³-hybridized carbons (Fsp3) is 0.235. The number of hydrogen-bond acceptors (Lipinski definition) is 7. The lowest BCUT2D eigenvalue weighted by Crippen LogP contribution is -2.14. The van der Waals surface area contributed by atoms with E-state index in [0.29, 0.717) is 5.69 Å². The van der Waals surface area contributed by atoms with E-state index in [1.807, 2.05) is 0 Å². The van der Waals surface area contributed by atoms with Crippen LogP contribution in [0.5, 0.6) is 0 Å². The van der Waals surface area contributed by atoms with Crippen molar-refractivity contribution in [1.82, 2.24) is 9.97 Å². The molecule has 0 saturated heterocycles. The van der Waals surface area contributed by atoms with Gasteiger partial charge in [0.25, 0.3) is 5.69 Å². The molecule has 0 atom stereocenters. The van der Waals surface area contributed by atoms with Gasteiger partial charge in [-0.1, -0.05) is 23.4 Å². The van der Waals surface area contributed by atoms with Gasteiger partial charge in [0, 0.05) is 22.4 Å². The normalized spacial score (nSPS) is 12.9. The maximum absolute atomic E-state index is 12.3. The van der Waals surface area contributed by atoms with Crippen molar-refractivity contribution in [3.63, 3.8) is 0 Å². The lowest BCUT2D eigenvalue weighted by molar-refractivity contribution is -0.384. The number of anilines is 1. The molecule has 1 amide bonds. The number of nitro benzene ring substituents is 1. The van der Waals surface area contributed by atoms with E-state index in [2.05, 4.69) is 15.3 Å². The van der Waals surface area contributed by atoms with Crippen molar-refractivity contribution in [1.29, 1.82) is 0 Å². The van der Waals surface area contributed by atoms with Gasteiger partial charge in [-0.05, 0) is 30.9 Å². The van der Waals surface area contributed by atoms with Gasteiger partial charge in [0.1, 0.15) is 16.2 Å². The highest BCUT2D eigenvalue weighted by Crippen LogP contribution is 2.40. The second kappa shape index (κ2) is 7.41. The van der Waals surface area contributed by atoms with Crippen LogP contribution in [0.2, 0.25) is 5.02 Å². The minimum Gasteiger partial charge on any atom is -0.324 e. The van der Waals surface area contributed by atoms with Crippen LogP contribution >= 0.6 is 34.7 Å². The first-order valence-electron chi connectivity index (χ1n) is 8.15. The quantitative estimate of drug-likeness (QED) is 0.283. The number of nitrogens with one attached hydrogen (secondary N) is 1. The molecular formula is C17H13ClN4O3S2. The number of benzene rings is 1. The van der Waals surface area contributed by atoms with Gasteiger partial charge in [0.2, 0.25) is 5.91 Å². The van der Waals surface area contributed by atoms with E-state index in [4.69, 9.17) is 11.6 Å². The lowest BCUT2D eigenvalue weighted by Gasteiger charge is -2.07. The third-order valence-corrected chi connectivity index (χ3v) is 6.75. The molecule has 1 aliphatic carbocycles. The molecule has 0 spiro atoms. The first kappa shape index (κ1) is 18.1. The number of rotatable bonds is 5. The number of aryl methyl sites for hydroxylation is 2. The van der Waals surface area contributed by atoms with E-state index >= 15 is 0 Å². The number of nitro groups is 1. The van der Waals surface area contributed by atoms with Crippen molar-refractivity contribution >= 4 is 62.2 Å². The third kappa shape index (κ3) is 3.62. The third-order valence-electron chi connectivity index (χ3n) is 4.24. The topological polar surface area (TPSA) is 98.0 Å². The number of carbonyl (C=O) groups is 1. The van der Waals surface area contributed by atoms with Gasteiger partial charge in [-0.25, -0.2) is 9.97 Å². The summed E-state index contributed by atoms with van der Waals surface area (Å²) in [5, 5.41) is 15.4. The summed E-state index contributed by atoms with van der Waals surface area (Å²) < 4.78 is 0. The number of amides is 1. The molecule has 10 heteroatoms. The van der Waals surface area contributed by atoms with Crippen molar-refractivity contribution in [3.8, 4) is 0 Å². The zero-order valence-electron chi connectivity index (χ0n) is 13.9. The summed E-state index contributed by atoms with van der Waals surface area (Å²) in [6, 6.07) is 3.95. The van der Waals surface area contributed by atoms with Crippen LogP contribution in [0, 0.1) is 10.1 Å². The Labute approximate surface area is 167 Å². The number of nitrogens with zero attached hydrogens (tertiary/aromatic N) is 3. The Kier molecular flexibility index (Phi) is 4.98. The summed E-state index contributed by atoms with van der Waals surface area (Å²) in [4.78, 5) is 33.6.